The van der Waals surface area contributed by atoms with E-state index in [1.165, 1.54) is 0 Å². The number of amides is 1. The first kappa shape index (κ1) is 20.7. The lowest BCUT2D eigenvalue weighted by atomic mass is 9.79. The van der Waals surface area contributed by atoms with E-state index in [1.54, 1.807) is 30.3 Å². The molecule has 1 aliphatic heterocycles. The maximum atomic E-state index is 13.3. The summed E-state index contributed by atoms with van der Waals surface area (Å²) >= 11 is 0. The SMILES string of the molecule is Cl.NCC1(C(=O)NC(Cc2ccccc2)C(F)(F)F)CCOCC1. The van der Waals surface area contributed by atoms with E-state index in [9.17, 15) is 18.0 Å². The summed E-state index contributed by atoms with van der Waals surface area (Å²) in [5, 5.41) is 2.17. The van der Waals surface area contributed by atoms with Gasteiger partial charge in [0, 0.05) is 26.2 Å². The summed E-state index contributed by atoms with van der Waals surface area (Å²) in [5.41, 5.74) is 5.22. The molecule has 1 aromatic carbocycles. The topological polar surface area (TPSA) is 64.4 Å². The highest BCUT2D eigenvalue weighted by Gasteiger charge is 2.45. The van der Waals surface area contributed by atoms with Crippen molar-refractivity contribution in [2.24, 2.45) is 11.1 Å². The second kappa shape index (κ2) is 8.69. The van der Waals surface area contributed by atoms with Gasteiger partial charge in [-0.25, -0.2) is 0 Å². The monoisotopic (exact) mass is 366 g/mol. The average Bonchev–Trinajstić information content (AvgIpc) is 2.55. The Morgan fingerprint density at radius 3 is 2.33 bits per heavy atom. The summed E-state index contributed by atoms with van der Waals surface area (Å²) in [6.45, 7) is 0.679. The smallest absolute Gasteiger partial charge is 0.381 e. The lowest BCUT2D eigenvalue weighted by Crippen LogP contribution is -2.55. The van der Waals surface area contributed by atoms with Crippen LogP contribution in [0.3, 0.4) is 0 Å². The normalized spacial score (nSPS) is 18.3. The Bertz CT molecular complexity index is 520. The second-order valence-electron chi connectivity index (χ2n) is 5.85. The summed E-state index contributed by atoms with van der Waals surface area (Å²) < 4.78 is 45.1. The van der Waals surface area contributed by atoms with Crippen LogP contribution in [0.5, 0.6) is 0 Å². The molecule has 3 N–H and O–H groups in total. The number of benzene rings is 1. The molecule has 1 atom stereocenters. The fraction of sp³-hybridized carbons (Fsp3) is 0.562. The zero-order chi connectivity index (χ0) is 16.9. The first-order valence-corrected chi connectivity index (χ1v) is 7.57. The van der Waals surface area contributed by atoms with Crippen molar-refractivity contribution in [3.63, 3.8) is 0 Å². The van der Waals surface area contributed by atoms with E-state index in [1.807, 2.05) is 0 Å². The van der Waals surface area contributed by atoms with Gasteiger partial charge in [0.2, 0.25) is 5.91 Å². The third-order valence-electron chi connectivity index (χ3n) is 4.31. The second-order valence-corrected chi connectivity index (χ2v) is 5.85. The maximum absolute atomic E-state index is 13.3. The van der Waals surface area contributed by atoms with Gasteiger partial charge in [0.25, 0.3) is 0 Å². The molecule has 4 nitrogen and oxygen atoms in total. The van der Waals surface area contributed by atoms with Crippen LogP contribution in [0.15, 0.2) is 30.3 Å². The van der Waals surface area contributed by atoms with Crippen molar-refractivity contribution in [3.05, 3.63) is 35.9 Å². The molecule has 2 rings (SSSR count). The van der Waals surface area contributed by atoms with Gasteiger partial charge in [-0.05, 0) is 18.4 Å². The number of hydrogen-bond acceptors (Lipinski definition) is 3. The van der Waals surface area contributed by atoms with Gasteiger partial charge < -0.3 is 15.8 Å². The van der Waals surface area contributed by atoms with Crippen molar-refractivity contribution in [1.82, 2.24) is 5.32 Å². The quantitative estimate of drug-likeness (QED) is 0.841. The van der Waals surface area contributed by atoms with Crippen molar-refractivity contribution in [2.45, 2.75) is 31.5 Å². The average molecular weight is 367 g/mol. The van der Waals surface area contributed by atoms with Crippen LogP contribution >= 0.6 is 12.4 Å². The number of rotatable bonds is 5. The van der Waals surface area contributed by atoms with E-state index in [4.69, 9.17) is 10.5 Å². The van der Waals surface area contributed by atoms with Crippen molar-refractivity contribution in [2.75, 3.05) is 19.8 Å². The Hall–Kier alpha value is -1.31. The minimum Gasteiger partial charge on any atom is -0.381 e. The molecular weight excluding hydrogens is 345 g/mol. The van der Waals surface area contributed by atoms with Crippen LogP contribution in [-0.4, -0.2) is 37.9 Å². The molecule has 1 aliphatic rings. The van der Waals surface area contributed by atoms with Crippen molar-refractivity contribution in [3.8, 4) is 0 Å². The van der Waals surface area contributed by atoms with Gasteiger partial charge in [0.15, 0.2) is 0 Å². The van der Waals surface area contributed by atoms with E-state index in [-0.39, 0.29) is 25.4 Å². The van der Waals surface area contributed by atoms with Crippen molar-refractivity contribution < 1.29 is 22.7 Å². The van der Waals surface area contributed by atoms with Gasteiger partial charge >= 0.3 is 6.18 Å². The predicted molar refractivity (Wildman–Crippen MR) is 86.9 cm³/mol. The first-order chi connectivity index (χ1) is 10.9. The number of halogens is 4. The zero-order valence-electron chi connectivity index (χ0n) is 13.1. The van der Waals surface area contributed by atoms with E-state index < -0.39 is 23.5 Å². The minimum absolute atomic E-state index is 0. The molecule has 0 bridgehead atoms. The summed E-state index contributed by atoms with van der Waals surface area (Å²) in [6.07, 6.45) is -4.14. The Labute approximate surface area is 145 Å². The van der Waals surface area contributed by atoms with Gasteiger partial charge in [0.05, 0.1) is 5.41 Å². The summed E-state index contributed by atoms with van der Waals surface area (Å²) in [6, 6.07) is 6.37. The van der Waals surface area contributed by atoms with Gasteiger partial charge in [-0.3, -0.25) is 4.79 Å². The molecule has 24 heavy (non-hydrogen) atoms. The van der Waals surface area contributed by atoms with Crippen LogP contribution in [0.25, 0.3) is 0 Å². The molecule has 0 aromatic heterocycles. The fourth-order valence-corrected chi connectivity index (χ4v) is 2.70. The number of ether oxygens (including phenoxy) is 1. The van der Waals surface area contributed by atoms with Crippen LogP contribution in [0, 0.1) is 5.41 Å². The fourth-order valence-electron chi connectivity index (χ4n) is 2.70. The van der Waals surface area contributed by atoms with Crippen LogP contribution in [0.2, 0.25) is 0 Å². The standard InChI is InChI=1S/C16H21F3N2O2.ClH/c17-16(18,19)13(10-12-4-2-1-3-5-12)21-14(22)15(11-20)6-8-23-9-7-15;/h1-5,13H,6-11,20H2,(H,21,22);1H. The van der Waals surface area contributed by atoms with Crippen LogP contribution in [0.1, 0.15) is 18.4 Å². The van der Waals surface area contributed by atoms with Gasteiger partial charge in [-0.15, -0.1) is 12.4 Å². The number of nitrogens with two attached hydrogens (primary N) is 1. The summed E-state index contributed by atoms with van der Waals surface area (Å²) in [4.78, 5) is 12.5. The first-order valence-electron chi connectivity index (χ1n) is 7.57. The summed E-state index contributed by atoms with van der Waals surface area (Å²) in [7, 11) is 0. The highest BCUT2D eigenvalue weighted by atomic mass is 35.5. The van der Waals surface area contributed by atoms with Crippen molar-refractivity contribution in [1.29, 1.82) is 0 Å². The maximum Gasteiger partial charge on any atom is 0.408 e. The molecular formula is C16H22ClF3N2O2. The van der Waals surface area contributed by atoms with Crippen molar-refractivity contribution >= 4 is 18.3 Å². The van der Waals surface area contributed by atoms with Gasteiger partial charge in [-0.1, -0.05) is 30.3 Å². The Morgan fingerprint density at radius 1 is 1.25 bits per heavy atom. The number of carbonyl (C=O) groups is 1. The zero-order valence-corrected chi connectivity index (χ0v) is 14.0. The van der Waals surface area contributed by atoms with E-state index in [2.05, 4.69) is 5.32 Å². The van der Waals surface area contributed by atoms with Crippen LogP contribution < -0.4 is 11.1 Å². The Kier molecular flexibility index (Phi) is 7.51. The van der Waals surface area contributed by atoms with E-state index in [0.717, 1.165) is 0 Å². The molecule has 1 aromatic rings. The highest BCUT2D eigenvalue weighted by Crippen LogP contribution is 2.31. The number of carbonyl (C=O) groups excluding carboxylic acids is 1. The molecule has 8 heteroatoms. The summed E-state index contributed by atoms with van der Waals surface area (Å²) in [5.74, 6) is -0.637. The molecule has 1 fully saturated rings. The largest absolute Gasteiger partial charge is 0.408 e. The third-order valence-corrected chi connectivity index (χ3v) is 4.31. The molecule has 0 saturated carbocycles. The molecule has 1 unspecified atom stereocenters. The van der Waals surface area contributed by atoms with Crippen LogP contribution in [-0.2, 0) is 16.0 Å². The Morgan fingerprint density at radius 2 is 1.83 bits per heavy atom. The van der Waals surface area contributed by atoms with Crippen LogP contribution in [0.4, 0.5) is 13.2 Å². The lowest BCUT2D eigenvalue weighted by Gasteiger charge is -2.36. The third kappa shape index (κ3) is 5.09. The number of alkyl halides is 3. The predicted octanol–water partition coefficient (Wildman–Crippen LogP) is 2.45. The Balaban J connectivity index is 0.00000288. The molecule has 0 spiro atoms. The molecule has 136 valence electrons. The van der Waals surface area contributed by atoms with Gasteiger partial charge in [-0.2, -0.15) is 13.2 Å². The lowest BCUT2D eigenvalue weighted by molar-refractivity contribution is -0.166. The highest BCUT2D eigenvalue weighted by molar-refractivity contribution is 5.85. The number of hydrogen-bond donors (Lipinski definition) is 2. The number of nitrogens with one attached hydrogen (secondary N) is 1. The molecule has 1 saturated heterocycles. The molecule has 0 radical (unpaired) electrons. The molecule has 0 aliphatic carbocycles. The molecule has 1 amide bonds. The van der Waals surface area contributed by atoms with Gasteiger partial charge in [0.1, 0.15) is 6.04 Å². The van der Waals surface area contributed by atoms with E-state index in [0.29, 0.717) is 31.6 Å². The van der Waals surface area contributed by atoms with E-state index >= 15 is 0 Å². The molecule has 1 heterocycles. The minimum atomic E-state index is -4.52.